The van der Waals surface area contributed by atoms with Gasteiger partial charge in [-0.2, -0.15) is 0 Å². The van der Waals surface area contributed by atoms with Crippen LogP contribution in [0.25, 0.3) is 0 Å². The molecule has 0 saturated heterocycles. The normalized spacial score (nSPS) is 12.8. The lowest BCUT2D eigenvalue weighted by atomic mass is 10.0. The van der Waals surface area contributed by atoms with Crippen molar-refractivity contribution in [1.29, 1.82) is 0 Å². The second-order valence-corrected chi connectivity index (χ2v) is 5.12. The van der Waals surface area contributed by atoms with Crippen molar-refractivity contribution < 1.29 is 9.90 Å². The highest BCUT2D eigenvalue weighted by molar-refractivity contribution is 5.76. The summed E-state index contributed by atoms with van der Waals surface area (Å²) >= 11 is 0. The average Bonchev–Trinajstić information content (AvgIpc) is 2.30. The number of amides is 1. The number of unbranched alkanes of at least 4 members (excludes halogenated alkanes) is 5. The molecule has 0 radical (unpaired) electrons. The maximum absolute atomic E-state index is 11.6. The standard InChI is InChI=1S/C14H29NO2/c1-4-5-6-7-8-9-10-14(17)15-13(11-16)12(2)3/h12-13,16H,4-11H2,1-3H3,(H,15,17). The van der Waals surface area contributed by atoms with E-state index in [0.717, 1.165) is 12.8 Å². The molecule has 0 rings (SSSR count). The van der Waals surface area contributed by atoms with E-state index in [1.54, 1.807) is 0 Å². The van der Waals surface area contributed by atoms with E-state index in [2.05, 4.69) is 12.2 Å². The van der Waals surface area contributed by atoms with Gasteiger partial charge in [-0.25, -0.2) is 0 Å². The van der Waals surface area contributed by atoms with Gasteiger partial charge in [0.25, 0.3) is 0 Å². The largest absolute Gasteiger partial charge is 0.394 e. The van der Waals surface area contributed by atoms with Crippen molar-refractivity contribution in [3.63, 3.8) is 0 Å². The van der Waals surface area contributed by atoms with E-state index < -0.39 is 0 Å². The maximum atomic E-state index is 11.6. The van der Waals surface area contributed by atoms with Crippen molar-refractivity contribution in [1.82, 2.24) is 5.32 Å². The summed E-state index contributed by atoms with van der Waals surface area (Å²) in [7, 11) is 0. The Morgan fingerprint density at radius 1 is 1.12 bits per heavy atom. The number of rotatable bonds is 10. The van der Waals surface area contributed by atoms with Crippen LogP contribution in [-0.2, 0) is 4.79 Å². The van der Waals surface area contributed by atoms with Gasteiger partial charge in [0.05, 0.1) is 12.6 Å². The van der Waals surface area contributed by atoms with Gasteiger partial charge in [-0.05, 0) is 12.3 Å². The maximum Gasteiger partial charge on any atom is 0.220 e. The first-order chi connectivity index (χ1) is 8.11. The predicted molar refractivity (Wildman–Crippen MR) is 71.8 cm³/mol. The molecule has 3 nitrogen and oxygen atoms in total. The average molecular weight is 243 g/mol. The molecule has 0 heterocycles. The summed E-state index contributed by atoms with van der Waals surface area (Å²) in [6, 6.07) is -0.0948. The summed E-state index contributed by atoms with van der Waals surface area (Å²) in [6.45, 7) is 6.24. The molecule has 0 saturated carbocycles. The molecule has 0 aliphatic heterocycles. The Morgan fingerprint density at radius 2 is 1.71 bits per heavy atom. The lowest BCUT2D eigenvalue weighted by Gasteiger charge is -2.19. The Kier molecular flexibility index (Phi) is 10.2. The highest BCUT2D eigenvalue weighted by atomic mass is 16.3. The molecule has 1 amide bonds. The third kappa shape index (κ3) is 9.16. The van der Waals surface area contributed by atoms with E-state index >= 15 is 0 Å². The number of carbonyl (C=O) groups excluding carboxylic acids is 1. The Balaban J connectivity index is 3.52. The Hall–Kier alpha value is -0.570. The van der Waals surface area contributed by atoms with Crippen LogP contribution < -0.4 is 5.32 Å². The fourth-order valence-electron chi connectivity index (χ4n) is 1.77. The van der Waals surface area contributed by atoms with Gasteiger partial charge >= 0.3 is 0 Å². The Morgan fingerprint density at radius 3 is 2.24 bits per heavy atom. The quantitative estimate of drug-likeness (QED) is 0.580. The minimum Gasteiger partial charge on any atom is -0.394 e. The highest BCUT2D eigenvalue weighted by Gasteiger charge is 2.14. The first-order valence-electron chi connectivity index (χ1n) is 7.02. The number of hydrogen-bond acceptors (Lipinski definition) is 2. The van der Waals surface area contributed by atoms with Crippen LogP contribution in [0.1, 0.15) is 65.7 Å². The monoisotopic (exact) mass is 243 g/mol. The number of nitrogens with one attached hydrogen (secondary N) is 1. The van der Waals surface area contributed by atoms with Crippen molar-refractivity contribution in [2.45, 2.75) is 71.8 Å². The van der Waals surface area contributed by atoms with Crippen LogP contribution in [0.3, 0.4) is 0 Å². The number of aliphatic hydroxyl groups excluding tert-OH is 1. The Bertz CT molecular complexity index is 193. The molecular formula is C14H29NO2. The van der Waals surface area contributed by atoms with Crippen LogP contribution in [0.2, 0.25) is 0 Å². The van der Waals surface area contributed by atoms with Gasteiger partial charge in [-0.1, -0.05) is 52.9 Å². The molecule has 1 unspecified atom stereocenters. The summed E-state index contributed by atoms with van der Waals surface area (Å²) < 4.78 is 0. The first kappa shape index (κ1) is 16.4. The summed E-state index contributed by atoms with van der Waals surface area (Å²) in [6.07, 6.45) is 7.76. The third-order valence-electron chi connectivity index (χ3n) is 3.11. The summed E-state index contributed by atoms with van der Waals surface area (Å²) in [5.74, 6) is 0.363. The molecule has 2 N–H and O–H groups in total. The molecule has 0 spiro atoms. The summed E-state index contributed by atoms with van der Waals surface area (Å²) in [5, 5.41) is 12.0. The van der Waals surface area contributed by atoms with Gasteiger partial charge in [0.2, 0.25) is 5.91 Å². The fourth-order valence-corrected chi connectivity index (χ4v) is 1.77. The molecule has 0 aromatic rings. The lowest BCUT2D eigenvalue weighted by Crippen LogP contribution is -2.41. The number of hydrogen-bond donors (Lipinski definition) is 2. The van der Waals surface area contributed by atoms with E-state index in [1.165, 1.54) is 25.7 Å². The van der Waals surface area contributed by atoms with E-state index in [4.69, 9.17) is 5.11 Å². The molecule has 1 atom stereocenters. The second kappa shape index (κ2) is 10.6. The van der Waals surface area contributed by atoms with Crippen LogP contribution >= 0.6 is 0 Å². The summed E-state index contributed by atoms with van der Waals surface area (Å²) in [5.41, 5.74) is 0. The van der Waals surface area contributed by atoms with E-state index in [1.807, 2.05) is 13.8 Å². The molecule has 0 aromatic heterocycles. The van der Waals surface area contributed by atoms with Crippen molar-refractivity contribution in [3.05, 3.63) is 0 Å². The van der Waals surface area contributed by atoms with Gasteiger partial charge < -0.3 is 10.4 Å². The molecule has 0 aliphatic carbocycles. The van der Waals surface area contributed by atoms with Gasteiger partial charge in [-0.3, -0.25) is 4.79 Å². The van der Waals surface area contributed by atoms with Crippen LogP contribution in [0.4, 0.5) is 0 Å². The van der Waals surface area contributed by atoms with Crippen LogP contribution in [-0.4, -0.2) is 23.7 Å². The van der Waals surface area contributed by atoms with Crippen molar-refractivity contribution in [2.24, 2.45) is 5.92 Å². The second-order valence-electron chi connectivity index (χ2n) is 5.12. The number of aliphatic hydroxyl groups is 1. The lowest BCUT2D eigenvalue weighted by molar-refractivity contribution is -0.122. The van der Waals surface area contributed by atoms with Gasteiger partial charge in [0, 0.05) is 6.42 Å². The minimum atomic E-state index is -0.0948. The first-order valence-corrected chi connectivity index (χ1v) is 7.02. The zero-order valence-corrected chi connectivity index (χ0v) is 11.7. The van der Waals surface area contributed by atoms with Gasteiger partial charge in [0.15, 0.2) is 0 Å². The summed E-state index contributed by atoms with van der Waals surface area (Å²) in [4.78, 5) is 11.6. The van der Waals surface area contributed by atoms with Crippen LogP contribution in [0.5, 0.6) is 0 Å². The highest BCUT2D eigenvalue weighted by Crippen LogP contribution is 2.07. The SMILES string of the molecule is CCCCCCCCC(=O)NC(CO)C(C)C. The molecule has 3 heteroatoms. The van der Waals surface area contributed by atoms with Crippen LogP contribution in [0, 0.1) is 5.92 Å². The zero-order chi connectivity index (χ0) is 13.1. The van der Waals surface area contributed by atoms with E-state index in [0.29, 0.717) is 6.42 Å². The predicted octanol–water partition coefficient (Wildman–Crippen LogP) is 2.87. The minimum absolute atomic E-state index is 0.0277. The van der Waals surface area contributed by atoms with Crippen molar-refractivity contribution in [3.8, 4) is 0 Å². The van der Waals surface area contributed by atoms with Crippen molar-refractivity contribution >= 4 is 5.91 Å². The van der Waals surface area contributed by atoms with Gasteiger partial charge in [0.1, 0.15) is 0 Å². The molecule has 0 fully saturated rings. The smallest absolute Gasteiger partial charge is 0.220 e. The van der Waals surface area contributed by atoms with E-state index in [9.17, 15) is 4.79 Å². The molecule has 17 heavy (non-hydrogen) atoms. The third-order valence-corrected chi connectivity index (χ3v) is 3.11. The van der Waals surface area contributed by atoms with Crippen LogP contribution in [0.15, 0.2) is 0 Å². The molecular weight excluding hydrogens is 214 g/mol. The molecule has 0 bridgehead atoms. The molecule has 0 aliphatic rings. The molecule has 102 valence electrons. The van der Waals surface area contributed by atoms with E-state index in [-0.39, 0.29) is 24.5 Å². The van der Waals surface area contributed by atoms with Gasteiger partial charge in [-0.15, -0.1) is 0 Å². The fraction of sp³-hybridized carbons (Fsp3) is 0.929. The zero-order valence-electron chi connectivity index (χ0n) is 11.7. The number of carbonyl (C=O) groups is 1. The molecule has 0 aromatic carbocycles. The topological polar surface area (TPSA) is 49.3 Å². The Labute approximate surface area is 106 Å². The van der Waals surface area contributed by atoms with Crippen molar-refractivity contribution in [2.75, 3.05) is 6.61 Å².